The highest BCUT2D eigenvalue weighted by atomic mass is 16.5. The zero-order chi connectivity index (χ0) is 41.6. The highest BCUT2D eigenvalue weighted by molar-refractivity contribution is 5.87. The molecular weight excluding hydrogens is 769 g/mol. The van der Waals surface area contributed by atoms with Gasteiger partial charge in [0.1, 0.15) is 23.7 Å². The molecule has 0 aliphatic carbocycles. The van der Waals surface area contributed by atoms with E-state index in [1.807, 2.05) is 22.2 Å². The summed E-state index contributed by atoms with van der Waals surface area (Å²) in [7, 11) is 2.61. The van der Waals surface area contributed by atoms with Crippen LogP contribution in [0, 0.1) is 11.8 Å². The van der Waals surface area contributed by atoms with Gasteiger partial charge in [-0.15, -0.1) is 0 Å². The lowest BCUT2D eigenvalue weighted by Crippen LogP contribution is -2.53. The van der Waals surface area contributed by atoms with Crippen LogP contribution in [0.15, 0.2) is 60.9 Å². The number of amides is 4. The number of nitrogens with one attached hydrogen (secondary N) is 4. The largest absolute Gasteiger partial charge is 0.453 e. The van der Waals surface area contributed by atoms with Crippen molar-refractivity contribution in [3.8, 4) is 33.6 Å². The summed E-state index contributed by atoms with van der Waals surface area (Å²) in [5.41, 5.74) is 5.77. The van der Waals surface area contributed by atoms with E-state index in [9.17, 15) is 19.2 Å². The number of rotatable bonds is 11. The van der Waals surface area contributed by atoms with E-state index in [0.717, 1.165) is 71.0 Å². The van der Waals surface area contributed by atoms with Crippen molar-refractivity contribution in [2.45, 2.75) is 75.5 Å². The topological polar surface area (TPSA) is 193 Å². The Hall–Kier alpha value is -5.74. The van der Waals surface area contributed by atoms with Gasteiger partial charge < -0.3 is 49.3 Å². The fourth-order valence-electron chi connectivity index (χ4n) is 9.21. The van der Waals surface area contributed by atoms with Crippen molar-refractivity contribution in [3.63, 3.8) is 0 Å². The molecule has 4 aliphatic rings. The summed E-state index contributed by atoms with van der Waals surface area (Å²) >= 11 is 0. The number of alkyl carbamates (subject to hydrolysis) is 2. The van der Waals surface area contributed by atoms with Crippen molar-refractivity contribution in [1.29, 1.82) is 0 Å². The highest BCUT2D eigenvalue weighted by Gasteiger charge is 2.41. The number of likely N-dealkylation sites (tertiary alicyclic amines) is 2. The van der Waals surface area contributed by atoms with E-state index < -0.39 is 24.3 Å². The van der Waals surface area contributed by atoms with Gasteiger partial charge in [0.05, 0.1) is 50.1 Å². The van der Waals surface area contributed by atoms with E-state index in [-0.39, 0.29) is 35.7 Å². The minimum Gasteiger partial charge on any atom is -0.453 e. The third-order valence-corrected chi connectivity index (χ3v) is 12.5. The van der Waals surface area contributed by atoms with Crippen LogP contribution in [0.1, 0.15) is 75.1 Å². The number of nitrogens with zero attached hydrogens (tertiary/aromatic N) is 4. The molecule has 4 unspecified atom stereocenters. The first-order valence-electron chi connectivity index (χ1n) is 21.1. The van der Waals surface area contributed by atoms with Gasteiger partial charge in [0, 0.05) is 39.5 Å². The van der Waals surface area contributed by atoms with Gasteiger partial charge in [-0.2, -0.15) is 0 Å². The first kappa shape index (κ1) is 41.0. The summed E-state index contributed by atoms with van der Waals surface area (Å²) in [6, 6.07) is 14.7. The number of benzene rings is 2. The minimum absolute atomic E-state index is 0.0284. The normalized spacial score (nSPS) is 21.0. The maximum Gasteiger partial charge on any atom is 0.407 e. The molecule has 8 rings (SSSR count). The van der Waals surface area contributed by atoms with Crippen LogP contribution in [-0.2, 0) is 28.5 Å². The van der Waals surface area contributed by atoms with Crippen LogP contribution >= 0.6 is 0 Å². The zero-order valence-electron chi connectivity index (χ0n) is 34.2. The quantitative estimate of drug-likeness (QED) is 0.145. The number of carbonyl (C=O) groups excluding carboxylic acids is 4. The second kappa shape index (κ2) is 18.7. The monoisotopic (exact) mass is 822 g/mol. The molecule has 0 radical (unpaired) electrons. The Balaban J connectivity index is 0.913. The molecule has 16 heteroatoms. The molecule has 60 heavy (non-hydrogen) atoms. The summed E-state index contributed by atoms with van der Waals surface area (Å²) in [4.78, 5) is 72.5. The predicted octanol–water partition coefficient (Wildman–Crippen LogP) is 5.76. The van der Waals surface area contributed by atoms with Gasteiger partial charge in [0.25, 0.3) is 0 Å². The minimum atomic E-state index is -0.685. The van der Waals surface area contributed by atoms with Crippen molar-refractivity contribution in [1.82, 2.24) is 40.4 Å². The first-order valence-corrected chi connectivity index (χ1v) is 21.1. The molecule has 2 aromatic heterocycles. The molecule has 4 N–H and O–H groups in total. The molecule has 318 valence electrons. The molecule has 4 aliphatic heterocycles. The number of aromatic nitrogens is 4. The Kier molecular flexibility index (Phi) is 12.8. The number of H-pyrrole nitrogens is 2. The maximum absolute atomic E-state index is 14.0. The van der Waals surface area contributed by atoms with E-state index in [4.69, 9.17) is 28.9 Å². The van der Waals surface area contributed by atoms with Gasteiger partial charge in [-0.1, -0.05) is 48.5 Å². The van der Waals surface area contributed by atoms with E-state index >= 15 is 0 Å². The second-order valence-electron chi connectivity index (χ2n) is 16.0. The average molecular weight is 823 g/mol. The standard InChI is InChI=1S/C44H54N8O8/c1-57-43(55)49-37(31-15-21-59-22-16-31)41(53)51-19-3-5-35(51)39-45-25-33(47-39)29-11-7-27(8-12-29)28-9-13-30(14-10-28)34-26-46-40(48-34)36-6-4-20-52(36)42(54)38(50-44(56)58-2)32-17-23-60-24-18-32/h7-14,25-26,31-32,35-38H,3-6,15-24H2,1-2H3,(H,45,47)(H,46,48)(H,49,55)(H,50,56). The number of aromatic amines is 2. The fourth-order valence-corrected chi connectivity index (χ4v) is 9.21. The van der Waals surface area contributed by atoms with Crippen molar-refractivity contribution >= 4 is 24.0 Å². The third kappa shape index (κ3) is 8.89. The number of carbonyl (C=O) groups is 4. The van der Waals surface area contributed by atoms with Crippen LogP contribution in [0.4, 0.5) is 9.59 Å². The lowest BCUT2D eigenvalue weighted by Gasteiger charge is -2.34. The lowest BCUT2D eigenvalue weighted by atomic mass is 9.90. The van der Waals surface area contributed by atoms with E-state index in [1.54, 1.807) is 0 Å². The van der Waals surface area contributed by atoms with Crippen molar-refractivity contribution in [2.75, 3.05) is 53.7 Å². The number of ether oxygens (including phenoxy) is 4. The van der Waals surface area contributed by atoms with Gasteiger partial charge in [-0.05, 0) is 85.5 Å². The number of hydrogen-bond donors (Lipinski definition) is 4. The van der Waals surface area contributed by atoms with E-state index in [0.29, 0.717) is 65.2 Å². The Labute approximate surface area is 349 Å². The molecule has 6 heterocycles. The van der Waals surface area contributed by atoms with E-state index in [2.05, 4.69) is 69.1 Å². The lowest BCUT2D eigenvalue weighted by molar-refractivity contribution is -0.137. The maximum atomic E-state index is 14.0. The number of imidazole rings is 2. The molecule has 4 atom stereocenters. The Morgan fingerprint density at radius 1 is 0.600 bits per heavy atom. The zero-order valence-corrected chi connectivity index (χ0v) is 34.2. The molecule has 4 saturated heterocycles. The van der Waals surface area contributed by atoms with Gasteiger partial charge in [-0.25, -0.2) is 19.6 Å². The molecule has 4 amide bonds. The van der Waals surface area contributed by atoms with Crippen molar-refractivity contribution in [2.24, 2.45) is 11.8 Å². The van der Waals surface area contributed by atoms with Gasteiger partial charge in [0.2, 0.25) is 11.8 Å². The summed E-state index contributed by atoms with van der Waals surface area (Å²) in [6.07, 6.45) is 8.40. The molecule has 4 fully saturated rings. The number of methoxy groups -OCH3 is 2. The van der Waals surface area contributed by atoms with Gasteiger partial charge in [-0.3, -0.25) is 9.59 Å². The highest BCUT2D eigenvalue weighted by Crippen LogP contribution is 2.36. The molecule has 0 spiro atoms. The summed E-state index contributed by atoms with van der Waals surface area (Å²) in [5, 5.41) is 5.62. The van der Waals surface area contributed by atoms with E-state index in [1.165, 1.54) is 14.2 Å². The van der Waals surface area contributed by atoms with Crippen LogP contribution in [0.25, 0.3) is 33.6 Å². The Morgan fingerprint density at radius 3 is 1.33 bits per heavy atom. The third-order valence-electron chi connectivity index (χ3n) is 12.5. The molecular formula is C44H54N8O8. The van der Waals surface area contributed by atoms with Crippen LogP contribution in [0.5, 0.6) is 0 Å². The van der Waals surface area contributed by atoms with Crippen LogP contribution in [0.2, 0.25) is 0 Å². The first-order chi connectivity index (χ1) is 29.3. The average Bonchev–Trinajstić information content (AvgIpc) is 4.15. The summed E-state index contributed by atoms with van der Waals surface area (Å²) in [6.45, 7) is 3.41. The Bertz CT molecular complexity index is 1960. The van der Waals surface area contributed by atoms with Crippen molar-refractivity contribution < 1.29 is 38.1 Å². The SMILES string of the molecule is COC(=O)NC(C(=O)N1CCCC1c1ncc(-c2ccc(-c3ccc(-c4cnc(C5CCCN5C(=O)C(NC(=O)OC)C5CCOCC5)[nH]4)cc3)cc2)[nH]1)C1CCOCC1. The van der Waals surface area contributed by atoms with Crippen LogP contribution < -0.4 is 10.6 Å². The molecule has 16 nitrogen and oxygen atoms in total. The van der Waals surface area contributed by atoms with Crippen LogP contribution in [0.3, 0.4) is 0 Å². The molecule has 0 saturated carbocycles. The second-order valence-corrected chi connectivity index (χ2v) is 16.0. The predicted molar refractivity (Wildman–Crippen MR) is 220 cm³/mol. The Morgan fingerprint density at radius 2 is 0.967 bits per heavy atom. The molecule has 4 aromatic rings. The fraction of sp³-hybridized carbons (Fsp3) is 0.500. The molecule has 0 bridgehead atoms. The van der Waals surface area contributed by atoms with Gasteiger partial charge in [0.15, 0.2) is 0 Å². The number of hydrogen-bond acceptors (Lipinski definition) is 10. The summed E-state index contributed by atoms with van der Waals surface area (Å²) in [5.74, 6) is 1.16. The van der Waals surface area contributed by atoms with Crippen LogP contribution in [-0.4, -0.2) is 120 Å². The van der Waals surface area contributed by atoms with Gasteiger partial charge >= 0.3 is 12.2 Å². The van der Waals surface area contributed by atoms with Crippen molar-refractivity contribution in [3.05, 3.63) is 72.6 Å². The smallest absolute Gasteiger partial charge is 0.407 e. The summed E-state index contributed by atoms with van der Waals surface area (Å²) < 4.78 is 20.8. The molecule has 2 aromatic carbocycles.